The number of amides is 8. The van der Waals surface area contributed by atoms with Gasteiger partial charge in [0.2, 0.25) is 35.5 Å². The predicted octanol–water partition coefficient (Wildman–Crippen LogP) is 7.08. The number of ether oxygens (including phenoxy) is 8. The van der Waals surface area contributed by atoms with Gasteiger partial charge >= 0.3 is 36.1 Å². The zero-order valence-electron chi connectivity index (χ0n) is 72.5. The molecule has 0 aliphatic rings. The van der Waals surface area contributed by atoms with Crippen molar-refractivity contribution in [3.63, 3.8) is 0 Å². The van der Waals surface area contributed by atoms with Gasteiger partial charge in [0, 0.05) is 123 Å². The Morgan fingerprint density at radius 3 is 1.19 bits per heavy atom. The van der Waals surface area contributed by atoms with E-state index in [2.05, 4.69) is 147 Å². The van der Waals surface area contributed by atoms with Gasteiger partial charge in [-0.15, -0.1) is 0 Å². The molecule has 0 radical (unpaired) electrons. The van der Waals surface area contributed by atoms with Crippen molar-refractivity contribution >= 4 is 151 Å². The summed E-state index contributed by atoms with van der Waals surface area (Å²) in [5.74, 6) is -10.9. The van der Waals surface area contributed by atoms with Gasteiger partial charge in [0.15, 0.2) is 22.3 Å². The lowest BCUT2D eigenvalue weighted by Gasteiger charge is -2.35. The summed E-state index contributed by atoms with van der Waals surface area (Å²) in [6.07, 6.45) is -7.98. The van der Waals surface area contributed by atoms with Gasteiger partial charge in [-0.1, -0.05) is 27.7 Å². The molecule has 0 fully saturated rings. The molecule has 0 spiro atoms. The second-order valence-electron chi connectivity index (χ2n) is 28.4. The van der Waals surface area contributed by atoms with E-state index in [1.807, 2.05) is 0 Å². The van der Waals surface area contributed by atoms with Crippen LogP contribution < -0.4 is 52.8 Å². The average Bonchev–Trinajstić information content (AvgIpc) is 0.796. The van der Waals surface area contributed by atoms with Crippen LogP contribution in [-0.2, 0) is 98.4 Å². The number of carbonyl (C=O) groups excluding carboxylic acids is 10. The third-order valence-electron chi connectivity index (χ3n) is 17.3. The summed E-state index contributed by atoms with van der Waals surface area (Å²) in [5.41, 5.74) is -4.08. The number of anilines is 4. The first-order valence-corrected chi connectivity index (χ1v) is 47.7. The van der Waals surface area contributed by atoms with Gasteiger partial charge in [-0.3, -0.25) is 78.3 Å². The van der Waals surface area contributed by atoms with Crippen molar-refractivity contribution in [2.45, 2.75) is 150 Å². The van der Waals surface area contributed by atoms with Crippen LogP contribution in [0.15, 0.2) is 70.5 Å². The first-order chi connectivity index (χ1) is 61.4. The van der Waals surface area contributed by atoms with Crippen LogP contribution in [0.1, 0.15) is 132 Å². The molecule has 41 nitrogen and oxygen atoms in total. The lowest BCUT2D eigenvalue weighted by molar-refractivity contribution is -0.170. The van der Waals surface area contributed by atoms with E-state index in [-0.39, 0.29) is 139 Å². The van der Waals surface area contributed by atoms with Crippen molar-refractivity contribution in [1.29, 1.82) is 5.26 Å². The number of rotatable bonds is 54. The number of carbonyl (C=O) groups is 10. The molecule has 0 bridgehead atoms. The smallest absolute Gasteiger partial charge is 0.467 e. The molecule has 50 heteroatoms. The van der Waals surface area contributed by atoms with Crippen molar-refractivity contribution in [1.82, 2.24) is 65.8 Å². The van der Waals surface area contributed by atoms with E-state index in [0.29, 0.717) is 109 Å². The van der Waals surface area contributed by atoms with Crippen molar-refractivity contribution in [2.75, 3.05) is 147 Å². The quantitative estimate of drug-likeness (QED) is 0.00605. The monoisotopic (exact) mass is 2070 g/mol. The zero-order chi connectivity index (χ0) is 95.8. The molecular formula is C79H107F6I2N18O23P. The summed E-state index contributed by atoms with van der Waals surface area (Å²) < 4.78 is 138. The van der Waals surface area contributed by atoms with Gasteiger partial charge in [0.05, 0.1) is 149 Å². The summed E-state index contributed by atoms with van der Waals surface area (Å²) in [6, 6.07) is 8.72. The Labute approximate surface area is 762 Å². The molecule has 0 aliphatic carbocycles. The Morgan fingerprint density at radius 1 is 0.512 bits per heavy atom. The zero-order valence-corrected chi connectivity index (χ0v) is 77.7. The number of fused-ring (bicyclic) bond motifs is 2. The van der Waals surface area contributed by atoms with E-state index >= 15 is 0 Å². The number of nitrogens with zero attached hydrogens (tertiary/aromatic N) is 10. The van der Waals surface area contributed by atoms with E-state index in [4.69, 9.17) is 57.3 Å². The highest BCUT2D eigenvalue weighted by molar-refractivity contribution is 15.0. The van der Waals surface area contributed by atoms with E-state index in [0.717, 1.165) is 75.1 Å². The molecule has 2 aromatic carbocycles. The largest absolute Gasteiger partial charge is 0.471 e. The minimum absolute atomic E-state index is 0.0598. The van der Waals surface area contributed by atoms with Crippen molar-refractivity contribution in [3.05, 3.63) is 104 Å². The van der Waals surface area contributed by atoms with E-state index in [1.54, 1.807) is 27.7 Å². The minimum Gasteiger partial charge on any atom is -0.467 e. The number of hydrogen-bond acceptors (Lipinski definition) is 31. The third kappa shape index (κ3) is 40.6. The molecule has 0 saturated heterocycles. The number of aliphatic hydroxyl groups is 1. The van der Waals surface area contributed by atoms with Crippen LogP contribution in [0.4, 0.5) is 49.6 Å². The molecule has 0 saturated carbocycles. The van der Waals surface area contributed by atoms with Gasteiger partial charge in [0.1, 0.15) is 12.1 Å². The van der Waals surface area contributed by atoms with Crippen LogP contribution in [0.5, 0.6) is 0 Å². The van der Waals surface area contributed by atoms with Crippen LogP contribution in [0.25, 0.3) is 22.3 Å². The highest BCUT2D eigenvalue weighted by atomic mass is 128. The van der Waals surface area contributed by atoms with Crippen LogP contribution in [-0.4, -0.2) is 272 Å². The number of benzene rings is 2. The van der Waals surface area contributed by atoms with E-state index < -0.39 is 128 Å². The molecule has 712 valence electrons. The highest BCUT2D eigenvalue weighted by Crippen LogP contribution is 2.46. The topological polar surface area (TPSA) is 532 Å². The van der Waals surface area contributed by atoms with Crippen LogP contribution in [0.3, 0.4) is 0 Å². The van der Waals surface area contributed by atoms with Crippen LogP contribution >= 0.6 is 45.8 Å². The molecule has 4 aromatic heterocycles. The molecule has 6 aromatic rings. The molecule has 6 rings (SSSR count). The fraction of sp³-hybridized carbons (Fsp3) is 0.557. The Kier molecular flexibility index (Phi) is 51.4. The maximum Gasteiger partial charge on any atom is 0.471 e. The standard InChI is InChI=1S/C44H62F3N10O12P.C35H45F3N8O11.I2/c1-28(2)38(59)54-43-53-37-36(40(61)55-43)51-32(26-50-37)27-56(42(63)44(45,46)47)33-12-10-31(11-13-33)39(60)52-34(41(62)64-7)14-15-35(58)49-17-9-18-65-20-21-66-22-23-67-24-25-69-70(68-19-8-16-48)57(29(3)4)30(5)6;1-21(2)29(49)44-34-43-28-27(31(51)45-34)41-23(19-40-28)20-46(33(53)35(36,37)38)24-7-5-22(6-8-24)30(50)42-25(32(52)54-3)9-10-26(48)39-11-4-13-55-15-17-57-18-16-56-14-12-47;1-2/h10-13,26,28-30,34H,8-9,14-15,17-25,27H2,1-7H3,(H,49,58)(H,52,60)(H2,50,53,54,55,59,61);5-8,19,21,25,47H,4,9-18,20H2,1-3H3,(H,39,48)(H,42,50)(H2,40,43,44,45,49,51);/t34-,70?;25-;/m00./s1. The van der Waals surface area contributed by atoms with Gasteiger partial charge in [-0.05, 0) is 102 Å². The molecule has 9 N–H and O–H groups in total. The maximum atomic E-state index is 13.8. The van der Waals surface area contributed by atoms with Gasteiger partial charge in [-0.2, -0.15) is 41.6 Å². The predicted molar refractivity (Wildman–Crippen MR) is 472 cm³/mol. The first kappa shape index (κ1) is 111. The van der Waals surface area contributed by atoms with Crippen LogP contribution in [0, 0.1) is 23.2 Å². The van der Waals surface area contributed by atoms with Crippen molar-refractivity contribution in [3.8, 4) is 6.07 Å². The van der Waals surface area contributed by atoms with Gasteiger partial charge in [-0.25, -0.2) is 34.2 Å². The number of H-pyrrole nitrogens is 2. The number of alkyl halides is 6. The number of nitrogens with one attached hydrogen (secondary N) is 8. The summed E-state index contributed by atoms with van der Waals surface area (Å²) in [7, 11) is 0.853. The van der Waals surface area contributed by atoms with E-state index in [9.17, 15) is 83.9 Å². The highest BCUT2D eigenvalue weighted by Gasteiger charge is 2.45. The van der Waals surface area contributed by atoms with Crippen LogP contribution in [0.2, 0.25) is 0 Å². The molecule has 8 amide bonds. The third-order valence-corrected chi connectivity index (χ3v) is 19.4. The molecular weight excluding hydrogens is 1970 g/mol. The SMILES string of the molecule is COC(=O)[C@H](CCC(=O)NCCCOCCOCCOCCO)NC(=O)c1ccc(N(Cc2cnc3nc(NC(=O)C(C)C)[nH]c(=O)c3n2)C(=O)C(F)(F)F)cc1.COC(=O)[C@H](CCC(=O)NCCCOCCOCCOCCOP(OCCC#N)N(C(C)C)C(C)C)NC(=O)c1ccc(N(Cc2cnc3nc(NC(=O)C(C)C)[nH]c(=O)c3n2)C(=O)C(F)(F)F)cc1.II. The lowest BCUT2D eigenvalue weighted by atomic mass is 10.1. The number of aromatic nitrogens is 8. The number of methoxy groups -OCH3 is 2. The normalized spacial score (nSPS) is 12.1. The Hall–Kier alpha value is -9.86. The first-order valence-electron chi connectivity index (χ1n) is 40.3. The number of esters is 2. The molecule has 3 atom stereocenters. The second kappa shape index (κ2) is 59.4. The lowest BCUT2D eigenvalue weighted by Crippen LogP contribution is -2.42. The molecule has 129 heavy (non-hydrogen) atoms. The number of aromatic amines is 2. The van der Waals surface area contributed by atoms with E-state index in [1.165, 1.54) is 0 Å². The number of aliphatic hydroxyl groups excluding tert-OH is 1. The Balaban J connectivity index is 0.000000541. The summed E-state index contributed by atoms with van der Waals surface area (Å²) >= 11 is 4.24. The fourth-order valence-corrected chi connectivity index (χ4v) is 12.5. The second-order valence-corrected chi connectivity index (χ2v) is 29.9. The summed E-state index contributed by atoms with van der Waals surface area (Å²) in [6.45, 7) is 18.3. The summed E-state index contributed by atoms with van der Waals surface area (Å²) in [4.78, 5) is 180. The molecule has 1 unspecified atom stereocenters. The minimum atomic E-state index is -5.34. The average molecular weight is 2080 g/mol. The molecule has 0 aliphatic heterocycles. The van der Waals surface area contributed by atoms with Gasteiger partial charge < -0.3 is 73.3 Å². The fourth-order valence-electron chi connectivity index (χ4n) is 10.9. The Bertz CT molecular complexity index is 4730. The number of nitriles is 1. The van der Waals surface area contributed by atoms with Crippen molar-refractivity contribution in [2.24, 2.45) is 11.8 Å². The number of halogens is 8. The maximum absolute atomic E-state index is 13.8. The summed E-state index contributed by atoms with van der Waals surface area (Å²) in [5, 5.41) is 32.6. The molecule has 4 heterocycles. The van der Waals surface area contributed by atoms with Crippen molar-refractivity contribution < 1.29 is 126 Å². The van der Waals surface area contributed by atoms with Gasteiger partial charge in [0.25, 0.3) is 31.5 Å². The number of hydrogen-bond donors (Lipinski definition) is 9. The Morgan fingerprint density at radius 2 is 0.860 bits per heavy atom.